The van der Waals surface area contributed by atoms with E-state index in [2.05, 4.69) is 18.5 Å². The van der Waals surface area contributed by atoms with Gasteiger partial charge in [0.2, 0.25) is 11.8 Å². The number of amides is 3. The number of anilines is 1. The van der Waals surface area contributed by atoms with Crippen LogP contribution in [0.15, 0.2) is 79.9 Å². The number of likely N-dealkylation sites (tertiary alicyclic amines) is 1. The molecule has 2 N–H and O–H groups in total. The molecule has 11 nitrogen and oxygen atoms in total. The first-order valence-corrected chi connectivity index (χ1v) is 16.6. The average molecular weight is 660 g/mol. The number of allylic oxidation sites excluding steroid dienone is 1. The van der Waals surface area contributed by atoms with Crippen molar-refractivity contribution in [2.75, 3.05) is 38.3 Å². The van der Waals surface area contributed by atoms with Crippen molar-refractivity contribution in [1.82, 2.24) is 10.2 Å². The highest BCUT2D eigenvalue weighted by molar-refractivity contribution is 6.04. The van der Waals surface area contributed by atoms with Crippen LogP contribution in [-0.2, 0) is 28.7 Å². The molecule has 3 aliphatic rings. The largest absolute Gasteiger partial charge is 0.497 e. The lowest BCUT2D eigenvalue weighted by atomic mass is 9.70. The number of unbranched alkanes of at least 4 members (excludes halogenated alkanes) is 1. The van der Waals surface area contributed by atoms with Crippen molar-refractivity contribution in [3.63, 3.8) is 0 Å². The second-order valence-corrected chi connectivity index (χ2v) is 12.4. The first-order chi connectivity index (χ1) is 23.3. The van der Waals surface area contributed by atoms with E-state index in [-0.39, 0.29) is 50.4 Å². The molecule has 3 fully saturated rings. The number of hydrogen-bond acceptors (Lipinski definition) is 8. The molecule has 1 spiro atoms. The molecule has 0 aromatic heterocycles. The topological polar surface area (TPSA) is 135 Å². The van der Waals surface area contributed by atoms with Gasteiger partial charge in [0.15, 0.2) is 0 Å². The van der Waals surface area contributed by atoms with Gasteiger partial charge < -0.3 is 34.4 Å². The molecule has 2 aromatic carbocycles. The normalized spacial score (nSPS) is 24.5. The summed E-state index contributed by atoms with van der Waals surface area (Å²) in [6.07, 6.45) is 4.50. The van der Waals surface area contributed by atoms with Crippen LogP contribution in [-0.4, -0.2) is 84.8 Å². The Balaban J connectivity index is 1.44. The molecule has 48 heavy (non-hydrogen) atoms. The van der Waals surface area contributed by atoms with Crippen molar-refractivity contribution in [1.29, 1.82) is 0 Å². The lowest BCUT2D eigenvalue weighted by Gasteiger charge is -2.36. The molecule has 11 heteroatoms. The maximum absolute atomic E-state index is 14.6. The van der Waals surface area contributed by atoms with E-state index in [1.807, 2.05) is 30.3 Å². The van der Waals surface area contributed by atoms with Crippen LogP contribution in [0.2, 0.25) is 0 Å². The van der Waals surface area contributed by atoms with Gasteiger partial charge in [-0.25, -0.2) is 0 Å². The third-order valence-corrected chi connectivity index (χ3v) is 9.57. The van der Waals surface area contributed by atoms with Gasteiger partial charge in [0, 0.05) is 31.8 Å². The summed E-state index contributed by atoms with van der Waals surface area (Å²) >= 11 is 0. The average Bonchev–Trinajstić information content (AvgIpc) is 3.75. The van der Waals surface area contributed by atoms with E-state index in [4.69, 9.17) is 14.2 Å². The number of rotatable bonds is 17. The highest BCUT2D eigenvalue weighted by Gasteiger charge is 2.75. The number of hydrogen-bond donors (Lipinski definition) is 2. The first-order valence-electron chi connectivity index (χ1n) is 16.6. The highest BCUT2D eigenvalue weighted by Crippen LogP contribution is 2.59. The van der Waals surface area contributed by atoms with Crippen LogP contribution >= 0.6 is 0 Å². The summed E-state index contributed by atoms with van der Waals surface area (Å²) < 4.78 is 18.0. The Morgan fingerprint density at radius 1 is 1.12 bits per heavy atom. The SMILES string of the molecule is C=CCCC(=O)NC[C@H](OC(=O)[C@@H]1[C@H]2C(=O)N(CCCCO)[C@H](C(=O)N(CC=C)c3ccc(OC)cc3)[C@]23CC[C@H]1O3)c1ccccc1. The minimum absolute atomic E-state index is 0.0534. The van der Waals surface area contributed by atoms with Gasteiger partial charge in [0.05, 0.1) is 31.6 Å². The molecule has 3 saturated heterocycles. The van der Waals surface area contributed by atoms with Crippen LogP contribution in [0.25, 0.3) is 0 Å². The van der Waals surface area contributed by atoms with Gasteiger partial charge >= 0.3 is 5.97 Å². The van der Waals surface area contributed by atoms with Crippen LogP contribution < -0.4 is 15.0 Å². The minimum Gasteiger partial charge on any atom is -0.497 e. The zero-order chi connectivity index (χ0) is 34.3. The summed E-state index contributed by atoms with van der Waals surface area (Å²) in [5, 5.41) is 12.3. The standard InChI is InChI=1S/C37H45N3O8/c1-4-6-14-30(42)38-24-29(25-12-8-7-9-13-25)47-36(45)31-28-19-20-37(48-28)32(31)34(43)40(22-10-11-23-41)33(37)35(44)39(21-5-2)26-15-17-27(46-3)18-16-26/h4-5,7-9,12-13,15-18,28-29,31-33,41H,1-2,6,10-11,14,19-24H2,3H3,(H,38,42)/t28-,29+,31+,32+,33-,37+/m1/s1. The van der Waals surface area contributed by atoms with Crippen LogP contribution in [0.1, 0.15) is 50.2 Å². The Labute approximate surface area is 281 Å². The van der Waals surface area contributed by atoms with Crippen LogP contribution in [0, 0.1) is 11.8 Å². The molecule has 0 aliphatic carbocycles. The fourth-order valence-corrected chi connectivity index (χ4v) is 7.34. The van der Waals surface area contributed by atoms with Crippen molar-refractivity contribution in [2.45, 2.75) is 62.4 Å². The molecule has 0 radical (unpaired) electrons. The summed E-state index contributed by atoms with van der Waals surface area (Å²) in [6, 6.07) is 15.2. The number of carbonyl (C=O) groups excluding carboxylic acids is 4. The predicted octanol–water partition coefficient (Wildman–Crippen LogP) is 3.73. The van der Waals surface area contributed by atoms with Crippen LogP contribution in [0.4, 0.5) is 5.69 Å². The number of nitrogens with one attached hydrogen (secondary N) is 1. The van der Waals surface area contributed by atoms with Gasteiger partial charge in [-0.1, -0.05) is 42.5 Å². The second kappa shape index (κ2) is 15.6. The van der Waals surface area contributed by atoms with Gasteiger partial charge in [-0.2, -0.15) is 0 Å². The molecule has 3 amide bonds. The monoisotopic (exact) mass is 659 g/mol. The molecule has 2 aromatic rings. The molecular formula is C37H45N3O8. The first kappa shape index (κ1) is 34.8. The van der Waals surface area contributed by atoms with E-state index in [9.17, 15) is 24.3 Å². The van der Waals surface area contributed by atoms with Crippen LogP contribution in [0.3, 0.4) is 0 Å². The zero-order valence-corrected chi connectivity index (χ0v) is 27.4. The van der Waals surface area contributed by atoms with Crippen LogP contribution in [0.5, 0.6) is 5.75 Å². The minimum atomic E-state index is -1.23. The number of methoxy groups -OCH3 is 1. The molecule has 6 atom stereocenters. The van der Waals surface area contributed by atoms with Gasteiger partial charge in [-0.3, -0.25) is 19.2 Å². The molecular weight excluding hydrogens is 614 g/mol. The van der Waals surface area contributed by atoms with Crippen molar-refractivity contribution in [2.24, 2.45) is 11.8 Å². The smallest absolute Gasteiger partial charge is 0.313 e. The van der Waals surface area contributed by atoms with Gasteiger partial charge in [0.25, 0.3) is 5.91 Å². The summed E-state index contributed by atoms with van der Waals surface area (Å²) in [5.74, 6) is -2.68. The fourth-order valence-electron chi connectivity index (χ4n) is 7.34. The summed E-state index contributed by atoms with van der Waals surface area (Å²) in [5.41, 5.74) is 0.0756. The van der Waals surface area contributed by atoms with E-state index >= 15 is 0 Å². The quantitative estimate of drug-likeness (QED) is 0.149. The van der Waals surface area contributed by atoms with E-state index in [0.717, 1.165) is 0 Å². The van der Waals surface area contributed by atoms with Gasteiger partial charge in [-0.05, 0) is 61.9 Å². The van der Waals surface area contributed by atoms with E-state index in [1.54, 1.807) is 53.3 Å². The summed E-state index contributed by atoms with van der Waals surface area (Å²) in [7, 11) is 1.56. The number of fused-ring (bicyclic) bond motifs is 1. The van der Waals surface area contributed by atoms with Gasteiger partial charge in [0.1, 0.15) is 23.5 Å². The molecule has 2 bridgehead atoms. The molecule has 5 rings (SSSR count). The Morgan fingerprint density at radius 2 is 1.88 bits per heavy atom. The van der Waals surface area contributed by atoms with Gasteiger partial charge in [-0.15, -0.1) is 13.2 Å². The number of carbonyl (C=O) groups is 4. The van der Waals surface area contributed by atoms with E-state index in [0.29, 0.717) is 49.1 Å². The maximum atomic E-state index is 14.6. The molecule has 0 unspecified atom stereocenters. The number of aliphatic hydroxyl groups excluding tert-OH is 1. The number of ether oxygens (including phenoxy) is 3. The number of esters is 1. The number of aliphatic hydroxyl groups is 1. The summed E-state index contributed by atoms with van der Waals surface area (Å²) in [4.78, 5) is 58.7. The molecule has 3 aliphatic heterocycles. The lowest BCUT2D eigenvalue weighted by Crippen LogP contribution is -2.56. The Kier molecular flexibility index (Phi) is 11.3. The molecule has 256 valence electrons. The summed E-state index contributed by atoms with van der Waals surface area (Å²) in [6.45, 7) is 7.92. The maximum Gasteiger partial charge on any atom is 0.313 e. The lowest BCUT2D eigenvalue weighted by molar-refractivity contribution is -0.160. The third-order valence-electron chi connectivity index (χ3n) is 9.57. The Hall–Kier alpha value is -4.48. The van der Waals surface area contributed by atoms with Crippen molar-refractivity contribution < 1.29 is 38.5 Å². The second-order valence-electron chi connectivity index (χ2n) is 12.4. The molecule has 0 saturated carbocycles. The van der Waals surface area contributed by atoms with Crippen molar-refractivity contribution in [3.05, 3.63) is 85.5 Å². The van der Waals surface area contributed by atoms with E-state index in [1.165, 1.54) is 0 Å². The zero-order valence-electron chi connectivity index (χ0n) is 27.4. The van der Waals surface area contributed by atoms with Crippen molar-refractivity contribution in [3.8, 4) is 5.75 Å². The predicted molar refractivity (Wildman–Crippen MR) is 179 cm³/mol. The van der Waals surface area contributed by atoms with Crippen molar-refractivity contribution >= 4 is 29.4 Å². The Bertz CT molecular complexity index is 1480. The molecule has 3 heterocycles. The highest BCUT2D eigenvalue weighted by atomic mass is 16.6. The fraction of sp³-hybridized carbons (Fsp3) is 0.459. The Morgan fingerprint density at radius 3 is 2.54 bits per heavy atom. The number of benzene rings is 2. The van der Waals surface area contributed by atoms with E-state index < -0.39 is 41.7 Å². The number of nitrogens with zero attached hydrogens (tertiary/aromatic N) is 2. The third kappa shape index (κ3) is 6.88.